The predicted octanol–water partition coefficient (Wildman–Crippen LogP) is 0.141. The maximum atomic E-state index is 9.98. The van der Waals surface area contributed by atoms with Crippen LogP contribution in [0.25, 0.3) is 0 Å². The Balaban J connectivity index is 4.27. The van der Waals surface area contributed by atoms with Gasteiger partial charge in [-0.1, -0.05) is 0 Å². The highest BCUT2D eigenvalue weighted by Gasteiger charge is 2.10. The summed E-state index contributed by atoms with van der Waals surface area (Å²) in [5.41, 5.74) is 0. The molecule has 2 atom stereocenters. The van der Waals surface area contributed by atoms with E-state index in [4.69, 9.17) is 0 Å². The maximum Gasteiger partial charge on any atom is 0.235 e. The smallest absolute Gasteiger partial charge is 0.211 e. The zero-order valence-electron chi connectivity index (χ0n) is 7.64. The Morgan fingerprint density at radius 2 is 1.71 bits per heavy atom. The van der Waals surface area contributed by atoms with Gasteiger partial charge in [-0.3, -0.25) is 0 Å². The highest BCUT2D eigenvalue weighted by molar-refractivity contribution is 5.35. The summed E-state index contributed by atoms with van der Waals surface area (Å²) in [5.74, 6) is 0. The van der Waals surface area contributed by atoms with Crippen LogP contribution in [-0.4, -0.2) is 36.9 Å². The number of rotatable bonds is 6. The van der Waals surface area contributed by atoms with Crippen molar-refractivity contribution in [1.82, 2.24) is 0 Å². The molecule has 0 aromatic rings. The lowest BCUT2D eigenvalue weighted by Gasteiger charge is -2.08. The lowest BCUT2D eigenvalue weighted by Crippen LogP contribution is -2.15. The van der Waals surface area contributed by atoms with Gasteiger partial charge < -0.3 is 0 Å². The second-order valence-corrected chi connectivity index (χ2v) is 2.61. The molecule has 0 rings (SSSR count). The van der Waals surface area contributed by atoms with E-state index in [0.29, 0.717) is 6.42 Å². The van der Waals surface area contributed by atoms with E-state index in [-0.39, 0.29) is 12.6 Å². The van der Waals surface area contributed by atoms with Crippen molar-refractivity contribution in [1.29, 1.82) is 0 Å². The normalized spacial score (nSPS) is 12.6. The summed E-state index contributed by atoms with van der Waals surface area (Å²) in [7, 11) is 0. The molecule has 0 saturated heterocycles. The van der Waals surface area contributed by atoms with Crippen LogP contribution >= 0.6 is 0 Å². The Kier molecular flexibility index (Phi) is 6.74. The van der Waals surface area contributed by atoms with Crippen LogP contribution in [0.5, 0.6) is 0 Å². The molecule has 14 heavy (non-hydrogen) atoms. The second kappa shape index (κ2) is 7.77. The molecule has 2 unspecified atom stereocenters. The number of nitrogens with zero attached hydrogens (tertiary/aromatic N) is 3. The monoisotopic (exact) mass is 195 g/mol. The molecule has 0 heterocycles. The van der Waals surface area contributed by atoms with Gasteiger partial charge in [0.2, 0.25) is 18.2 Å². The fourth-order valence-corrected chi connectivity index (χ4v) is 0.922. The highest BCUT2D eigenvalue weighted by Crippen LogP contribution is 2.05. The third-order valence-corrected chi connectivity index (χ3v) is 1.49. The molecule has 0 aliphatic rings. The van der Waals surface area contributed by atoms with Crippen molar-refractivity contribution in [3.63, 3.8) is 0 Å². The number of hydrogen-bond acceptors (Lipinski definition) is 6. The predicted molar refractivity (Wildman–Crippen MR) is 47.1 cm³/mol. The van der Waals surface area contributed by atoms with Gasteiger partial charge in [0.25, 0.3) is 0 Å². The Hall–Kier alpha value is -1.86. The lowest BCUT2D eigenvalue weighted by atomic mass is 10.1. The average Bonchev–Trinajstić information content (AvgIpc) is 2.15. The molecule has 0 amide bonds. The van der Waals surface area contributed by atoms with E-state index in [1.54, 1.807) is 6.92 Å². The molecule has 0 aliphatic carbocycles. The van der Waals surface area contributed by atoms with Crippen LogP contribution < -0.4 is 0 Å². The summed E-state index contributed by atoms with van der Waals surface area (Å²) in [4.78, 5) is 39.8. The van der Waals surface area contributed by atoms with Gasteiger partial charge in [-0.2, -0.15) is 0 Å². The molecule has 0 bridgehead atoms. The van der Waals surface area contributed by atoms with Crippen LogP contribution in [0, 0.1) is 0 Å². The zero-order chi connectivity index (χ0) is 10.8. The third kappa shape index (κ3) is 5.75. The standard InChI is InChI=1S/C8H9N3O3/c1-7(10-5-13)2-8(11-6-14)3-9-4-12/h7-8H,2-3H2,1H3. The van der Waals surface area contributed by atoms with Gasteiger partial charge in [-0.25, -0.2) is 29.4 Å². The van der Waals surface area contributed by atoms with Crippen LogP contribution in [0.1, 0.15) is 13.3 Å². The number of hydrogen-bond donors (Lipinski definition) is 0. The van der Waals surface area contributed by atoms with Crippen molar-refractivity contribution < 1.29 is 14.4 Å². The molecule has 6 heteroatoms. The summed E-state index contributed by atoms with van der Waals surface area (Å²) in [6, 6.07) is -0.794. The van der Waals surface area contributed by atoms with Gasteiger partial charge in [0.05, 0.1) is 18.6 Å². The summed E-state index contributed by atoms with van der Waals surface area (Å²) in [6.45, 7) is 1.72. The van der Waals surface area contributed by atoms with E-state index >= 15 is 0 Å². The van der Waals surface area contributed by atoms with E-state index in [0.717, 1.165) is 0 Å². The molecular formula is C8H9N3O3. The van der Waals surface area contributed by atoms with Gasteiger partial charge in [-0.15, -0.1) is 0 Å². The van der Waals surface area contributed by atoms with Crippen molar-refractivity contribution in [2.75, 3.05) is 6.54 Å². The largest absolute Gasteiger partial charge is 0.235 e. The molecule has 0 radical (unpaired) electrons. The second-order valence-electron chi connectivity index (χ2n) is 2.61. The van der Waals surface area contributed by atoms with Crippen LogP contribution in [0.2, 0.25) is 0 Å². The minimum absolute atomic E-state index is 0.0530. The van der Waals surface area contributed by atoms with E-state index in [1.165, 1.54) is 18.2 Å². The molecule has 6 nitrogen and oxygen atoms in total. The van der Waals surface area contributed by atoms with Crippen molar-refractivity contribution in [3.05, 3.63) is 0 Å². The fraction of sp³-hybridized carbons (Fsp3) is 0.625. The molecule has 0 saturated carbocycles. The first-order valence-corrected chi connectivity index (χ1v) is 3.92. The number of aliphatic imine (C=N–C) groups is 3. The van der Waals surface area contributed by atoms with E-state index < -0.39 is 6.04 Å². The van der Waals surface area contributed by atoms with E-state index in [2.05, 4.69) is 15.0 Å². The summed E-state index contributed by atoms with van der Waals surface area (Å²) in [5, 5.41) is 0. The van der Waals surface area contributed by atoms with E-state index in [9.17, 15) is 14.4 Å². The highest BCUT2D eigenvalue weighted by atomic mass is 16.1. The van der Waals surface area contributed by atoms with Gasteiger partial charge in [0, 0.05) is 0 Å². The third-order valence-electron chi connectivity index (χ3n) is 1.49. The molecule has 0 N–H and O–H groups in total. The fourth-order valence-electron chi connectivity index (χ4n) is 0.922. The van der Waals surface area contributed by atoms with Crippen LogP contribution in [0.15, 0.2) is 15.0 Å². The molecule has 0 spiro atoms. The Morgan fingerprint density at radius 3 is 2.21 bits per heavy atom. The lowest BCUT2D eigenvalue weighted by molar-refractivity contribution is 0.520. The van der Waals surface area contributed by atoms with Crippen molar-refractivity contribution in [3.8, 4) is 0 Å². The first-order valence-electron chi connectivity index (χ1n) is 3.92. The SMILES string of the molecule is CC(CC(CN=C=O)N=C=O)N=C=O. The summed E-state index contributed by atoms with van der Waals surface area (Å²) < 4.78 is 0. The molecule has 74 valence electrons. The average molecular weight is 195 g/mol. The van der Waals surface area contributed by atoms with Crippen molar-refractivity contribution >= 4 is 18.2 Å². The zero-order valence-corrected chi connectivity index (χ0v) is 7.64. The minimum atomic E-state index is -0.485. The Morgan fingerprint density at radius 1 is 1.07 bits per heavy atom. The van der Waals surface area contributed by atoms with Gasteiger partial charge in [-0.05, 0) is 13.3 Å². The van der Waals surface area contributed by atoms with Crippen molar-refractivity contribution in [2.24, 2.45) is 15.0 Å². The quantitative estimate of drug-likeness (QED) is 0.446. The first-order chi connectivity index (χ1) is 6.74. The molecule has 0 fully saturated rings. The summed E-state index contributed by atoms with van der Waals surface area (Å²) in [6.07, 6.45) is 4.45. The van der Waals surface area contributed by atoms with Gasteiger partial charge in [0.15, 0.2) is 0 Å². The maximum absolute atomic E-state index is 9.98. The van der Waals surface area contributed by atoms with Gasteiger partial charge >= 0.3 is 0 Å². The Labute approximate surface area is 80.5 Å². The first kappa shape index (κ1) is 12.1. The molecule has 0 aromatic heterocycles. The van der Waals surface area contributed by atoms with E-state index in [1.807, 2.05) is 0 Å². The number of carbonyl (C=O) groups excluding carboxylic acids is 3. The molecule has 0 aliphatic heterocycles. The van der Waals surface area contributed by atoms with Crippen LogP contribution in [0.4, 0.5) is 0 Å². The Bertz CT molecular complexity index is 310. The van der Waals surface area contributed by atoms with Crippen LogP contribution in [-0.2, 0) is 14.4 Å². The molecule has 0 aromatic carbocycles. The molecular weight excluding hydrogens is 186 g/mol. The topological polar surface area (TPSA) is 88.3 Å². The van der Waals surface area contributed by atoms with Crippen LogP contribution in [0.3, 0.4) is 0 Å². The summed E-state index contributed by atoms with van der Waals surface area (Å²) >= 11 is 0. The minimum Gasteiger partial charge on any atom is -0.211 e. The number of isocyanates is 3. The van der Waals surface area contributed by atoms with Gasteiger partial charge in [0.1, 0.15) is 0 Å². The van der Waals surface area contributed by atoms with Crippen molar-refractivity contribution in [2.45, 2.75) is 25.4 Å².